The first-order valence-corrected chi connectivity index (χ1v) is 9.77. The molecule has 1 aliphatic rings. The van der Waals surface area contributed by atoms with Crippen LogP contribution in [0.15, 0.2) is 36.4 Å². The molecule has 1 aliphatic heterocycles. The Bertz CT molecular complexity index is 1100. The lowest BCUT2D eigenvalue weighted by Crippen LogP contribution is -2.50. The first-order valence-electron chi connectivity index (χ1n) is 8.96. The summed E-state index contributed by atoms with van der Waals surface area (Å²) in [4.78, 5) is 42.5. The molecule has 0 saturated carbocycles. The van der Waals surface area contributed by atoms with Crippen molar-refractivity contribution < 1.29 is 19.2 Å². The van der Waals surface area contributed by atoms with Gasteiger partial charge >= 0.3 is 5.00 Å². The van der Waals surface area contributed by atoms with Crippen LogP contribution < -0.4 is 4.74 Å². The van der Waals surface area contributed by atoms with Crippen LogP contribution >= 0.6 is 11.3 Å². The van der Waals surface area contributed by atoms with Gasteiger partial charge in [-0.05, 0) is 24.3 Å². The maximum absolute atomic E-state index is 12.8. The molecule has 0 radical (unpaired) electrons. The number of hydrogen-bond acceptors (Lipinski definition) is 6. The highest BCUT2D eigenvalue weighted by molar-refractivity contribution is 7.17. The van der Waals surface area contributed by atoms with Gasteiger partial charge in [0.25, 0.3) is 11.8 Å². The maximum atomic E-state index is 12.8. The molecule has 4 rings (SSSR count). The number of piperazine rings is 1. The molecule has 9 nitrogen and oxygen atoms in total. The predicted octanol–water partition coefficient (Wildman–Crippen LogP) is 2.74. The zero-order valence-corrected chi connectivity index (χ0v) is 16.4. The van der Waals surface area contributed by atoms with Gasteiger partial charge < -0.3 is 19.5 Å². The molecule has 1 fully saturated rings. The molecule has 0 atom stereocenters. The molecule has 3 heterocycles. The minimum Gasteiger partial charge on any atom is -0.497 e. The summed E-state index contributed by atoms with van der Waals surface area (Å²) >= 11 is 0.866. The number of aromatic amines is 1. The number of carbonyl (C=O) groups excluding carboxylic acids is 2. The van der Waals surface area contributed by atoms with Crippen LogP contribution in [-0.4, -0.2) is 64.8 Å². The van der Waals surface area contributed by atoms with Crippen molar-refractivity contribution in [3.05, 3.63) is 57.1 Å². The van der Waals surface area contributed by atoms with Crippen molar-refractivity contribution >= 4 is 39.1 Å². The van der Waals surface area contributed by atoms with Crippen LogP contribution in [0.1, 0.15) is 20.2 Å². The van der Waals surface area contributed by atoms with Gasteiger partial charge in [-0.3, -0.25) is 19.7 Å². The van der Waals surface area contributed by atoms with Crippen LogP contribution in [0.25, 0.3) is 10.9 Å². The third kappa shape index (κ3) is 3.66. The van der Waals surface area contributed by atoms with Crippen molar-refractivity contribution in [2.75, 3.05) is 33.3 Å². The molecule has 10 heteroatoms. The lowest BCUT2D eigenvalue weighted by atomic mass is 10.2. The third-order valence-electron chi connectivity index (χ3n) is 4.90. The molecular formula is C19H18N4O5S. The number of hydrogen-bond donors (Lipinski definition) is 1. The Morgan fingerprint density at radius 2 is 1.76 bits per heavy atom. The average Bonchev–Trinajstić information content (AvgIpc) is 3.39. The van der Waals surface area contributed by atoms with E-state index in [0.717, 1.165) is 22.2 Å². The quantitative estimate of drug-likeness (QED) is 0.522. The summed E-state index contributed by atoms with van der Waals surface area (Å²) in [5.74, 6) is 0.339. The number of fused-ring (bicyclic) bond motifs is 1. The molecule has 1 saturated heterocycles. The predicted molar refractivity (Wildman–Crippen MR) is 108 cm³/mol. The smallest absolute Gasteiger partial charge is 0.324 e. The first kappa shape index (κ1) is 18.9. The second-order valence-corrected chi connectivity index (χ2v) is 7.68. The largest absolute Gasteiger partial charge is 0.497 e. The number of aromatic nitrogens is 1. The number of thiophene rings is 1. The Balaban J connectivity index is 1.41. The zero-order valence-electron chi connectivity index (χ0n) is 15.6. The van der Waals surface area contributed by atoms with Crippen LogP contribution in [-0.2, 0) is 0 Å². The Hall–Kier alpha value is -3.40. The fourth-order valence-electron chi connectivity index (χ4n) is 3.33. The van der Waals surface area contributed by atoms with Crippen LogP contribution in [0.3, 0.4) is 0 Å². The molecule has 1 N–H and O–H groups in total. The highest BCUT2D eigenvalue weighted by Gasteiger charge is 2.27. The van der Waals surface area contributed by atoms with Gasteiger partial charge in [-0.25, -0.2) is 0 Å². The molecule has 2 amide bonds. The second-order valence-electron chi connectivity index (χ2n) is 6.62. The van der Waals surface area contributed by atoms with Crippen molar-refractivity contribution in [2.45, 2.75) is 0 Å². The van der Waals surface area contributed by atoms with E-state index in [9.17, 15) is 19.7 Å². The Morgan fingerprint density at radius 3 is 2.38 bits per heavy atom. The topological polar surface area (TPSA) is 109 Å². The molecule has 29 heavy (non-hydrogen) atoms. The Morgan fingerprint density at radius 1 is 1.07 bits per heavy atom. The number of methoxy groups -OCH3 is 1. The van der Waals surface area contributed by atoms with E-state index in [-0.39, 0.29) is 16.8 Å². The minimum atomic E-state index is -0.506. The highest BCUT2D eigenvalue weighted by Crippen LogP contribution is 2.26. The van der Waals surface area contributed by atoms with E-state index in [1.807, 2.05) is 18.2 Å². The Labute approximate surface area is 169 Å². The van der Waals surface area contributed by atoms with Crippen LogP contribution in [0.5, 0.6) is 5.75 Å². The van der Waals surface area contributed by atoms with E-state index in [2.05, 4.69) is 4.98 Å². The molecule has 0 aliphatic carbocycles. The van der Waals surface area contributed by atoms with Crippen LogP contribution in [0.2, 0.25) is 0 Å². The van der Waals surface area contributed by atoms with Crippen molar-refractivity contribution in [3.63, 3.8) is 0 Å². The number of nitrogens with zero attached hydrogens (tertiary/aromatic N) is 3. The monoisotopic (exact) mass is 414 g/mol. The van der Waals surface area contributed by atoms with Crippen molar-refractivity contribution in [1.29, 1.82) is 0 Å². The second kappa shape index (κ2) is 7.55. The minimum absolute atomic E-state index is 0.0578. The summed E-state index contributed by atoms with van der Waals surface area (Å²) in [5.41, 5.74) is 1.31. The number of benzene rings is 1. The van der Waals surface area contributed by atoms with Gasteiger partial charge in [-0.1, -0.05) is 11.3 Å². The molecule has 0 bridgehead atoms. The summed E-state index contributed by atoms with van der Waals surface area (Å²) in [6.07, 6.45) is 0. The number of carbonyl (C=O) groups is 2. The number of nitrogens with one attached hydrogen (secondary N) is 1. The van der Waals surface area contributed by atoms with Gasteiger partial charge in [0.05, 0.1) is 16.9 Å². The zero-order chi connectivity index (χ0) is 20.5. The summed E-state index contributed by atoms with van der Waals surface area (Å²) in [7, 11) is 1.59. The van der Waals surface area contributed by atoms with Crippen LogP contribution in [0.4, 0.5) is 5.00 Å². The summed E-state index contributed by atoms with van der Waals surface area (Å²) in [6.45, 7) is 1.56. The number of nitro groups is 1. The normalized spacial score (nSPS) is 14.2. The molecule has 0 spiro atoms. The third-order valence-corrected chi connectivity index (χ3v) is 5.92. The summed E-state index contributed by atoms with van der Waals surface area (Å²) in [6, 6.07) is 10.2. The van der Waals surface area contributed by atoms with Gasteiger partial charge in [0.2, 0.25) is 0 Å². The van der Waals surface area contributed by atoms with E-state index in [1.54, 1.807) is 23.0 Å². The number of rotatable bonds is 4. The Kier molecular flexibility index (Phi) is 4.93. The fourth-order valence-corrected chi connectivity index (χ4v) is 4.12. The number of ether oxygens (including phenoxy) is 1. The summed E-state index contributed by atoms with van der Waals surface area (Å²) in [5, 5.41) is 11.7. The maximum Gasteiger partial charge on any atom is 0.324 e. The number of amides is 2. The summed E-state index contributed by atoms with van der Waals surface area (Å²) < 4.78 is 5.20. The van der Waals surface area contributed by atoms with Crippen molar-refractivity contribution in [2.24, 2.45) is 0 Å². The lowest BCUT2D eigenvalue weighted by molar-refractivity contribution is -0.380. The lowest BCUT2D eigenvalue weighted by Gasteiger charge is -2.34. The van der Waals surface area contributed by atoms with Crippen LogP contribution in [0, 0.1) is 10.1 Å². The van der Waals surface area contributed by atoms with Crippen molar-refractivity contribution in [3.8, 4) is 5.75 Å². The van der Waals surface area contributed by atoms with Gasteiger partial charge in [0, 0.05) is 49.2 Å². The van der Waals surface area contributed by atoms with E-state index in [0.29, 0.717) is 42.5 Å². The van der Waals surface area contributed by atoms with Gasteiger partial charge in [-0.2, -0.15) is 0 Å². The highest BCUT2D eigenvalue weighted by atomic mass is 32.1. The van der Waals surface area contributed by atoms with E-state index in [4.69, 9.17) is 4.74 Å². The van der Waals surface area contributed by atoms with E-state index >= 15 is 0 Å². The van der Waals surface area contributed by atoms with Gasteiger partial charge in [-0.15, -0.1) is 0 Å². The van der Waals surface area contributed by atoms with E-state index in [1.165, 1.54) is 12.1 Å². The molecule has 1 aromatic carbocycles. The molecule has 150 valence electrons. The first-order chi connectivity index (χ1) is 14.0. The molecule has 3 aromatic rings. The molecular weight excluding hydrogens is 396 g/mol. The van der Waals surface area contributed by atoms with Gasteiger partial charge in [0.1, 0.15) is 11.4 Å². The molecule has 0 unspecified atom stereocenters. The van der Waals surface area contributed by atoms with Crippen molar-refractivity contribution in [1.82, 2.24) is 14.8 Å². The van der Waals surface area contributed by atoms with E-state index < -0.39 is 4.92 Å². The van der Waals surface area contributed by atoms with Gasteiger partial charge in [0.15, 0.2) is 0 Å². The standard InChI is InChI=1S/C19H18N4O5S/c1-28-13-3-2-12-10-15(20-14(12)11-13)18(24)21-6-8-22(9-7-21)19(25)16-4-5-17(29-16)23(26)27/h2-5,10-11,20H,6-9H2,1H3. The fraction of sp³-hybridized carbons (Fsp3) is 0.263. The molecule has 2 aromatic heterocycles. The SMILES string of the molecule is COc1ccc2cc(C(=O)N3CCN(C(=O)c4ccc([N+](=O)[O-])s4)CC3)[nH]c2c1. The number of H-pyrrole nitrogens is 1. The average molecular weight is 414 g/mol.